The largest absolute Gasteiger partial charge is 0.481 e. The fourth-order valence-electron chi connectivity index (χ4n) is 1.17. The normalized spacial score (nSPS) is 10.4. The number of nitrogens with zero attached hydrogens (tertiary/aromatic N) is 3. The van der Waals surface area contributed by atoms with Crippen LogP contribution < -0.4 is 0 Å². The van der Waals surface area contributed by atoms with Gasteiger partial charge < -0.3 is 5.11 Å². The van der Waals surface area contributed by atoms with E-state index in [0.29, 0.717) is 0 Å². The lowest BCUT2D eigenvalue weighted by molar-refractivity contribution is -0.136. The number of carbonyl (C=O) groups is 1. The summed E-state index contributed by atoms with van der Waals surface area (Å²) in [6.07, 6.45) is 4.89. The van der Waals surface area contributed by atoms with E-state index in [9.17, 15) is 4.79 Å². The van der Waals surface area contributed by atoms with Gasteiger partial charge in [-0.2, -0.15) is 0 Å². The van der Waals surface area contributed by atoms with E-state index in [1.807, 2.05) is 6.92 Å². The molecule has 88 valence electrons. The Bertz CT molecular complexity index is 528. The zero-order valence-electron chi connectivity index (χ0n) is 8.95. The minimum Gasteiger partial charge on any atom is -0.481 e. The van der Waals surface area contributed by atoms with E-state index >= 15 is 0 Å². The van der Waals surface area contributed by atoms with Gasteiger partial charge in [-0.25, -0.2) is 9.97 Å². The molecule has 0 aliphatic carbocycles. The quantitative estimate of drug-likeness (QED) is 0.913. The van der Waals surface area contributed by atoms with E-state index in [0.717, 1.165) is 19.9 Å². The standard InChI is InChI=1S/C10H9N3O2S2/c1-6-7(4-9(14)15)16-10(13-6)17-8-5-11-2-3-12-8/h2-3,5H,4H2,1H3,(H,14,15). The Morgan fingerprint density at radius 1 is 1.53 bits per heavy atom. The first-order valence-corrected chi connectivity index (χ1v) is 6.40. The maximum atomic E-state index is 10.6. The molecule has 0 atom stereocenters. The lowest BCUT2D eigenvalue weighted by atomic mass is 10.3. The van der Waals surface area contributed by atoms with Crippen molar-refractivity contribution in [2.45, 2.75) is 22.7 Å². The molecule has 2 heterocycles. The van der Waals surface area contributed by atoms with E-state index < -0.39 is 5.97 Å². The summed E-state index contributed by atoms with van der Waals surface area (Å²) in [4.78, 5) is 23.8. The van der Waals surface area contributed by atoms with Crippen molar-refractivity contribution in [3.8, 4) is 0 Å². The Morgan fingerprint density at radius 3 is 3.00 bits per heavy atom. The molecule has 7 heteroatoms. The third-order valence-corrected chi connectivity index (χ3v) is 4.05. The molecule has 0 amide bonds. The smallest absolute Gasteiger partial charge is 0.308 e. The average molecular weight is 267 g/mol. The Kier molecular flexibility index (Phi) is 3.70. The average Bonchev–Trinajstić information content (AvgIpc) is 2.59. The van der Waals surface area contributed by atoms with Crippen LogP contribution in [0.4, 0.5) is 0 Å². The van der Waals surface area contributed by atoms with E-state index in [1.165, 1.54) is 23.1 Å². The maximum absolute atomic E-state index is 10.6. The van der Waals surface area contributed by atoms with Gasteiger partial charge in [-0.05, 0) is 18.7 Å². The zero-order valence-corrected chi connectivity index (χ0v) is 10.6. The van der Waals surface area contributed by atoms with Crippen LogP contribution >= 0.6 is 23.1 Å². The summed E-state index contributed by atoms with van der Waals surface area (Å²) in [7, 11) is 0. The van der Waals surface area contributed by atoms with Gasteiger partial charge in [-0.3, -0.25) is 9.78 Å². The molecule has 5 nitrogen and oxygen atoms in total. The number of aryl methyl sites for hydroxylation is 1. The Hall–Kier alpha value is -1.47. The number of aliphatic carboxylic acids is 1. The van der Waals surface area contributed by atoms with Gasteiger partial charge in [0.05, 0.1) is 18.3 Å². The first kappa shape index (κ1) is 12.0. The van der Waals surface area contributed by atoms with E-state index in [2.05, 4.69) is 15.0 Å². The molecule has 0 aliphatic heterocycles. The van der Waals surface area contributed by atoms with Gasteiger partial charge in [0, 0.05) is 17.3 Å². The van der Waals surface area contributed by atoms with Crippen LogP contribution in [-0.4, -0.2) is 26.0 Å². The SMILES string of the molecule is Cc1nc(Sc2cnccn2)sc1CC(=O)O. The van der Waals surface area contributed by atoms with Crippen LogP contribution in [0.3, 0.4) is 0 Å². The number of hydrogen-bond acceptors (Lipinski definition) is 6. The highest BCUT2D eigenvalue weighted by atomic mass is 32.2. The van der Waals surface area contributed by atoms with Crippen molar-refractivity contribution in [2.75, 3.05) is 0 Å². The molecular formula is C10H9N3O2S2. The van der Waals surface area contributed by atoms with E-state index in [1.54, 1.807) is 18.6 Å². The molecule has 0 spiro atoms. The van der Waals surface area contributed by atoms with Crippen LogP contribution in [0.15, 0.2) is 28.0 Å². The fourth-order valence-corrected chi connectivity index (χ4v) is 3.27. The highest BCUT2D eigenvalue weighted by Gasteiger charge is 2.12. The highest BCUT2D eigenvalue weighted by Crippen LogP contribution is 2.31. The topological polar surface area (TPSA) is 76.0 Å². The predicted octanol–water partition coefficient (Wildman–Crippen LogP) is 2.02. The van der Waals surface area contributed by atoms with Crippen molar-refractivity contribution in [1.82, 2.24) is 15.0 Å². The second-order valence-corrected chi connectivity index (χ2v) is 5.56. The lowest BCUT2D eigenvalue weighted by Gasteiger charge is -1.93. The van der Waals surface area contributed by atoms with Crippen molar-refractivity contribution in [1.29, 1.82) is 0 Å². The van der Waals surface area contributed by atoms with Crippen molar-refractivity contribution >= 4 is 29.1 Å². The third-order valence-electron chi connectivity index (χ3n) is 1.92. The van der Waals surface area contributed by atoms with E-state index in [4.69, 9.17) is 5.11 Å². The minimum absolute atomic E-state index is 0.0184. The molecule has 0 saturated heterocycles. The predicted molar refractivity (Wildman–Crippen MR) is 64.3 cm³/mol. The van der Waals surface area contributed by atoms with Crippen molar-refractivity contribution < 1.29 is 9.90 Å². The second-order valence-electron chi connectivity index (χ2n) is 3.20. The van der Waals surface area contributed by atoms with Crippen LogP contribution in [-0.2, 0) is 11.2 Å². The van der Waals surface area contributed by atoms with Gasteiger partial charge in [0.25, 0.3) is 0 Å². The molecule has 0 saturated carbocycles. The fraction of sp³-hybridized carbons (Fsp3) is 0.200. The first-order valence-electron chi connectivity index (χ1n) is 4.77. The summed E-state index contributed by atoms with van der Waals surface area (Å²) in [5.41, 5.74) is 0.767. The van der Waals surface area contributed by atoms with Crippen molar-refractivity contribution in [2.24, 2.45) is 0 Å². The molecule has 0 aliphatic rings. The number of hydrogen-bond donors (Lipinski definition) is 1. The number of aromatic nitrogens is 3. The van der Waals surface area contributed by atoms with Crippen molar-refractivity contribution in [3.05, 3.63) is 29.2 Å². The molecule has 0 unspecified atom stereocenters. The number of thiazole rings is 1. The third kappa shape index (κ3) is 3.24. The van der Waals surface area contributed by atoms with Crippen LogP contribution in [0.25, 0.3) is 0 Å². The Balaban J connectivity index is 2.15. The van der Waals surface area contributed by atoms with Crippen molar-refractivity contribution in [3.63, 3.8) is 0 Å². The second kappa shape index (κ2) is 5.24. The molecule has 1 N–H and O–H groups in total. The molecule has 17 heavy (non-hydrogen) atoms. The monoisotopic (exact) mass is 267 g/mol. The summed E-state index contributed by atoms with van der Waals surface area (Å²) < 4.78 is 0.791. The van der Waals surface area contributed by atoms with Gasteiger partial charge >= 0.3 is 5.97 Å². The zero-order chi connectivity index (χ0) is 12.3. The summed E-state index contributed by atoms with van der Waals surface area (Å²) in [5, 5.41) is 9.49. The molecule has 2 aromatic rings. The molecule has 2 rings (SSSR count). The van der Waals surface area contributed by atoms with Crippen LogP contribution in [0.2, 0.25) is 0 Å². The minimum atomic E-state index is -0.840. The summed E-state index contributed by atoms with van der Waals surface area (Å²) in [6.45, 7) is 1.81. The lowest BCUT2D eigenvalue weighted by Crippen LogP contribution is -1.99. The van der Waals surface area contributed by atoms with Crippen LogP contribution in [0, 0.1) is 6.92 Å². The maximum Gasteiger partial charge on any atom is 0.308 e. The summed E-state index contributed by atoms with van der Waals surface area (Å²) >= 11 is 2.78. The highest BCUT2D eigenvalue weighted by molar-refractivity contribution is 8.01. The van der Waals surface area contributed by atoms with Gasteiger partial charge in [-0.1, -0.05) is 0 Å². The van der Waals surface area contributed by atoms with Crippen LogP contribution in [0.5, 0.6) is 0 Å². The number of carboxylic acids is 1. The van der Waals surface area contributed by atoms with Gasteiger partial charge in [0.15, 0.2) is 4.34 Å². The number of carboxylic acid groups (broad SMARTS) is 1. The summed E-state index contributed by atoms with van der Waals surface area (Å²) in [6, 6.07) is 0. The van der Waals surface area contributed by atoms with Gasteiger partial charge in [-0.15, -0.1) is 11.3 Å². The Labute approximate surface area is 106 Å². The summed E-state index contributed by atoms with van der Waals surface area (Å²) in [5.74, 6) is -0.840. The Morgan fingerprint density at radius 2 is 2.35 bits per heavy atom. The molecule has 0 fully saturated rings. The van der Waals surface area contributed by atoms with Gasteiger partial charge in [0.1, 0.15) is 5.03 Å². The van der Waals surface area contributed by atoms with E-state index in [-0.39, 0.29) is 6.42 Å². The number of rotatable bonds is 4. The van der Waals surface area contributed by atoms with Crippen LogP contribution in [0.1, 0.15) is 10.6 Å². The molecule has 2 aromatic heterocycles. The van der Waals surface area contributed by atoms with Gasteiger partial charge in [0.2, 0.25) is 0 Å². The molecule has 0 bridgehead atoms. The molecular weight excluding hydrogens is 258 g/mol. The molecule has 0 radical (unpaired) electrons. The first-order chi connectivity index (χ1) is 8.15. The molecule has 0 aromatic carbocycles.